The molecule has 1 heterocycles. The van der Waals surface area contributed by atoms with Gasteiger partial charge in [-0.05, 0) is 34.2 Å². The van der Waals surface area contributed by atoms with Gasteiger partial charge in [0.05, 0.1) is 6.04 Å². The van der Waals surface area contributed by atoms with Gasteiger partial charge >= 0.3 is 0 Å². The fourth-order valence-electron chi connectivity index (χ4n) is 2.29. The molecular weight excluding hydrogens is 218 g/mol. The predicted molar refractivity (Wildman–Crippen MR) is 66.6 cm³/mol. The Balaban J connectivity index is 2.67. The minimum atomic E-state index is -0.347. The highest BCUT2D eigenvalue weighted by Gasteiger charge is 2.36. The van der Waals surface area contributed by atoms with Gasteiger partial charge in [-0.15, -0.1) is 0 Å². The summed E-state index contributed by atoms with van der Waals surface area (Å²) in [6, 6.07) is -0.470. The van der Waals surface area contributed by atoms with Crippen LogP contribution in [0.3, 0.4) is 0 Å². The second-order valence-electron chi connectivity index (χ2n) is 4.35. The molecule has 2 amide bonds. The number of hydrogen-bond acceptors (Lipinski definition) is 3. The molecule has 1 aliphatic rings. The summed E-state index contributed by atoms with van der Waals surface area (Å²) in [5.41, 5.74) is 0. The Hall–Kier alpha value is -1.10. The molecule has 2 unspecified atom stereocenters. The Kier molecular flexibility index (Phi) is 4.93. The van der Waals surface area contributed by atoms with Crippen LogP contribution < -0.4 is 5.32 Å². The molecule has 5 nitrogen and oxygen atoms in total. The first-order valence-corrected chi connectivity index (χ1v) is 6.33. The maximum Gasteiger partial charge on any atom is 0.245 e. The number of carbonyl (C=O) groups excluding carboxylic acids is 2. The minimum Gasteiger partial charge on any atom is -0.341 e. The Morgan fingerprint density at radius 3 is 2.53 bits per heavy atom. The molecule has 0 radical (unpaired) electrons. The third-order valence-corrected chi connectivity index (χ3v) is 3.49. The molecule has 5 heteroatoms. The Bertz CT molecular complexity index is 289. The molecule has 1 saturated heterocycles. The van der Waals surface area contributed by atoms with E-state index < -0.39 is 0 Å². The van der Waals surface area contributed by atoms with Gasteiger partial charge < -0.3 is 15.1 Å². The maximum atomic E-state index is 12.1. The smallest absolute Gasteiger partial charge is 0.245 e. The monoisotopic (exact) mass is 241 g/mol. The molecule has 1 rings (SSSR count). The van der Waals surface area contributed by atoms with Crippen molar-refractivity contribution in [3.05, 3.63) is 0 Å². The van der Waals surface area contributed by atoms with Crippen LogP contribution in [-0.4, -0.2) is 60.4 Å². The largest absolute Gasteiger partial charge is 0.341 e. The summed E-state index contributed by atoms with van der Waals surface area (Å²) in [7, 11) is 1.78. The van der Waals surface area contributed by atoms with Gasteiger partial charge in [-0.3, -0.25) is 9.59 Å². The van der Waals surface area contributed by atoms with Crippen molar-refractivity contribution in [1.29, 1.82) is 0 Å². The van der Waals surface area contributed by atoms with Crippen molar-refractivity contribution in [2.24, 2.45) is 0 Å². The van der Waals surface area contributed by atoms with Crippen molar-refractivity contribution in [2.45, 2.75) is 39.3 Å². The second-order valence-corrected chi connectivity index (χ2v) is 4.35. The molecule has 0 aromatic rings. The van der Waals surface area contributed by atoms with Crippen molar-refractivity contribution < 1.29 is 9.59 Å². The highest BCUT2D eigenvalue weighted by molar-refractivity contribution is 5.90. The average Bonchev–Trinajstić information content (AvgIpc) is 2.70. The molecule has 1 aliphatic heterocycles. The topological polar surface area (TPSA) is 52.7 Å². The third kappa shape index (κ3) is 2.77. The summed E-state index contributed by atoms with van der Waals surface area (Å²) in [5, 5.41) is 2.98. The van der Waals surface area contributed by atoms with Gasteiger partial charge in [0.1, 0.15) is 6.04 Å². The zero-order valence-electron chi connectivity index (χ0n) is 11.2. The number of likely N-dealkylation sites (N-methyl/N-ethyl adjacent to an activating group) is 2. The number of amides is 2. The minimum absolute atomic E-state index is 0.0418. The lowest BCUT2D eigenvalue weighted by atomic mass is 10.2. The first-order valence-electron chi connectivity index (χ1n) is 6.33. The number of carbonyl (C=O) groups is 2. The fraction of sp³-hybridized carbons (Fsp3) is 0.833. The van der Waals surface area contributed by atoms with Crippen LogP contribution in [0.15, 0.2) is 0 Å². The van der Waals surface area contributed by atoms with E-state index >= 15 is 0 Å². The van der Waals surface area contributed by atoms with Crippen LogP contribution in [0.1, 0.15) is 27.2 Å². The number of nitrogens with one attached hydrogen (secondary N) is 1. The average molecular weight is 241 g/mol. The molecule has 1 N–H and O–H groups in total. The number of hydrogen-bond donors (Lipinski definition) is 1. The van der Waals surface area contributed by atoms with E-state index in [-0.39, 0.29) is 23.9 Å². The van der Waals surface area contributed by atoms with Gasteiger partial charge in [0.25, 0.3) is 0 Å². The molecule has 0 spiro atoms. The molecule has 0 aliphatic carbocycles. The van der Waals surface area contributed by atoms with Gasteiger partial charge in [-0.2, -0.15) is 0 Å². The molecular formula is C12H23N3O2. The van der Waals surface area contributed by atoms with Gasteiger partial charge in [0.2, 0.25) is 11.8 Å². The quantitative estimate of drug-likeness (QED) is 0.741. The Morgan fingerprint density at radius 2 is 2.12 bits per heavy atom. The summed E-state index contributed by atoms with van der Waals surface area (Å²) >= 11 is 0. The van der Waals surface area contributed by atoms with Gasteiger partial charge in [0, 0.05) is 19.6 Å². The van der Waals surface area contributed by atoms with E-state index in [0.29, 0.717) is 19.6 Å². The standard InChI is InChI=1S/C12H23N3O2/c1-5-14(6-2)11(16)9(3)15-8-7-10(13-4)12(15)17/h9-10,13H,5-8H2,1-4H3. The Morgan fingerprint density at radius 1 is 1.53 bits per heavy atom. The van der Waals surface area contributed by atoms with Gasteiger partial charge in [-0.1, -0.05) is 0 Å². The molecule has 0 aromatic carbocycles. The molecule has 98 valence electrons. The summed E-state index contributed by atoms with van der Waals surface area (Å²) in [6.07, 6.45) is 0.783. The van der Waals surface area contributed by atoms with Crippen LogP contribution in [-0.2, 0) is 9.59 Å². The lowest BCUT2D eigenvalue weighted by Crippen LogP contribution is -2.49. The highest BCUT2D eigenvalue weighted by Crippen LogP contribution is 2.15. The number of likely N-dealkylation sites (tertiary alicyclic amines) is 1. The lowest BCUT2D eigenvalue weighted by molar-refractivity contribution is -0.143. The van der Waals surface area contributed by atoms with Crippen LogP contribution in [0.2, 0.25) is 0 Å². The zero-order valence-corrected chi connectivity index (χ0v) is 11.2. The van der Waals surface area contributed by atoms with Crippen LogP contribution in [0.5, 0.6) is 0 Å². The van der Waals surface area contributed by atoms with E-state index in [2.05, 4.69) is 5.32 Å². The first-order chi connectivity index (χ1) is 8.06. The predicted octanol–water partition coefficient (Wildman–Crippen LogP) is 0.0636. The van der Waals surface area contributed by atoms with Crippen LogP contribution in [0.25, 0.3) is 0 Å². The van der Waals surface area contributed by atoms with Gasteiger partial charge in [0.15, 0.2) is 0 Å². The third-order valence-electron chi connectivity index (χ3n) is 3.49. The van der Waals surface area contributed by atoms with Crippen molar-refractivity contribution in [1.82, 2.24) is 15.1 Å². The summed E-state index contributed by atoms with van der Waals surface area (Å²) in [5.74, 6) is 0.0839. The van der Waals surface area contributed by atoms with Gasteiger partial charge in [-0.25, -0.2) is 0 Å². The fourth-order valence-corrected chi connectivity index (χ4v) is 2.29. The van der Waals surface area contributed by atoms with Crippen LogP contribution >= 0.6 is 0 Å². The van der Waals surface area contributed by atoms with E-state index in [1.807, 2.05) is 20.8 Å². The zero-order chi connectivity index (χ0) is 13.0. The molecule has 0 saturated carbocycles. The number of rotatable bonds is 5. The van der Waals surface area contributed by atoms with Crippen molar-refractivity contribution in [2.75, 3.05) is 26.7 Å². The van der Waals surface area contributed by atoms with Crippen molar-refractivity contribution in [3.8, 4) is 0 Å². The lowest BCUT2D eigenvalue weighted by Gasteiger charge is -2.29. The highest BCUT2D eigenvalue weighted by atomic mass is 16.2. The summed E-state index contributed by atoms with van der Waals surface area (Å²) < 4.78 is 0. The van der Waals surface area contributed by atoms with Crippen LogP contribution in [0, 0.1) is 0 Å². The molecule has 1 fully saturated rings. The van der Waals surface area contributed by atoms with E-state index in [9.17, 15) is 9.59 Å². The Labute approximate surface area is 103 Å². The molecule has 0 bridgehead atoms. The maximum absolute atomic E-state index is 12.1. The normalized spacial score (nSPS) is 21.8. The molecule has 2 atom stereocenters. The van der Waals surface area contributed by atoms with E-state index in [1.54, 1.807) is 16.8 Å². The van der Waals surface area contributed by atoms with Crippen molar-refractivity contribution in [3.63, 3.8) is 0 Å². The van der Waals surface area contributed by atoms with E-state index in [0.717, 1.165) is 6.42 Å². The SMILES string of the molecule is CCN(CC)C(=O)C(C)N1CCC(NC)C1=O. The molecule has 17 heavy (non-hydrogen) atoms. The van der Waals surface area contributed by atoms with E-state index in [4.69, 9.17) is 0 Å². The summed E-state index contributed by atoms with van der Waals surface area (Å²) in [6.45, 7) is 7.77. The van der Waals surface area contributed by atoms with E-state index in [1.165, 1.54) is 0 Å². The number of nitrogens with zero attached hydrogens (tertiary/aromatic N) is 2. The first kappa shape index (κ1) is 14.0. The second kappa shape index (κ2) is 6.00. The van der Waals surface area contributed by atoms with Crippen molar-refractivity contribution >= 4 is 11.8 Å². The summed E-state index contributed by atoms with van der Waals surface area (Å²) in [4.78, 5) is 27.6. The molecule has 0 aromatic heterocycles. The van der Waals surface area contributed by atoms with Crippen LogP contribution in [0.4, 0.5) is 0 Å².